The second-order valence-corrected chi connectivity index (χ2v) is 6.67. The number of hydrogen-bond acceptors (Lipinski definition) is 7. The van der Waals surface area contributed by atoms with Crippen LogP contribution >= 0.6 is 0 Å². The standard InChI is InChI=1S/C16H21N7O3/c1-10-7-13(19-12-3-5-17-21-12)20-14(18-10)22-8-11-16(9-22,26-2)4-6-23(11)15(24)25/h3,5,7,11H,4,6,8-9H2,1-2H3,(H,24,25)(H2,17,18,19,20,21)/t11-,16-/m1/s1. The molecule has 1 amide bonds. The van der Waals surface area contributed by atoms with Gasteiger partial charge in [0.25, 0.3) is 0 Å². The topological polar surface area (TPSA) is 120 Å². The van der Waals surface area contributed by atoms with E-state index in [0.717, 1.165) is 5.69 Å². The monoisotopic (exact) mass is 359 g/mol. The van der Waals surface area contributed by atoms with Crippen LogP contribution in [-0.4, -0.2) is 74.7 Å². The summed E-state index contributed by atoms with van der Waals surface area (Å²) in [6, 6.07) is 3.42. The molecule has 26 heavy (non-hydrogen) atoms. The van der Waals surface area contributed by atoms with Crippen molar-refractivity contribution in [2.75, 3.05) is 37.0 Å². The molecule has 0 unspecified atom stereocenters. The zero-order valence-electron chi connectivity index (χ0n) is 14.6. The van der Waals surface area contributed by atoms with E-state index in [1.807, 2.05) is 24.0 Å². The number of fused-ring (bicyclic) bond motifs is 1. The molecule has 10 nitrogen and oxygen atoms in total. The molecule has 0 saturated carbocycles. The second kappa shape index (κ2) is 6.13. The zero-order chi connectivity index (χ0) is 18.3. The van der Waals surface area contributed by atoms with Crippen molar-refractivity contribution < 1.29 is 14.6 Å². The first-order valence-corrected chi connectivity index (χ1v) is 8.43. The predicted molar refractivity (Wildman–Crippen MR) is 93.7 cm³/mol. The van der Waals surface area contributed by atoms with Crippen LogP contribution in [0, 0.1) is 6.92 Å². The number of carbonyl (C=O) groups is 1. The summed E-state index contributed by atoms with van der Waals surface area (Å²) in [4.78, 5) is 24.1. The Bertz CT molecular complexity index is 812. The Morgan fingerprint density at radius 2 is 2.31 bits per heavy atom. The fraction of sp³-hybridized carbons (Fsp3) is 0.500. The van der Waals surface area contributed by atoms with Gasteiger partial charge in [0.2, 0.25) is 5.95 Å². The lowest BCUT2D eigenvalue weighted by atomic mass is 9.98. The lowest BCUT2D eigenvalue weighted by Gasteiger charge is -2.27. The first kappa shape index (κ1) is 16.6. The summed E-state index contributed by atoms with van der Waals surface area (Å²) in [6.07, 6.45) is 1.48. The Morgan fingerprint density at radius 3 is 3.00 bits per heavy atom. The first-order chi connectivity index (χ1) is 12.5. The molecular formula is C16H21N7O3. The van der Waals surface area contributed by atoms with E-state index in [4.69, 9.17) is 4.74 Å². The third kappa shape index (κ3) is 2.71. The minimum absolute atomic E-state index is 0.225. The fourth-order valence-corrected chi connectivity index (χ4v) is 3.87. The van der Waals surface area contributed by atoms with Gasteiger partial charge in [0.15, 0.2) is 5.82 Å². The number of aromatic amines is 1. The Kier molecular flexibility index (Phi) is 3.91. The molecule has 0 bridgehead atoms. The average molecular weight is 359 g/mol. The normalized spacial score (nSPS) is 24.8. The molecule has 2 aliphatic rings. The molecule has 2 saturated heterocycles. The van der Waals surface area contributed by atoms with Crippen LogP contribution in [-0.2, 0) is 4.74 Å². The number of methoxy groups -OCH3 is 1. The number of carboxylic acid groups (broad SMARTS) is 1. The van der Waals surface area contributed by atoms with Crippen molar-refractivity contribution in [2.45, 2.75) is 25.0 Å². The number of nitrogens with zero attached hydrogens (tertiary/aromatic N) is 5. The first-order valence-electron chi connectivity index (χ1n) is 8.43. The van der Waals surface area contributed by atoms with Crippen LogP contribution in [0.5, 0.6) is 0 Å². The highest BCUT2D eigenvalue weighted by atomic mass is 16.5. The van der Waals surface area contributed by atoms with Crippen LogP contribution in [0.15, 0.2) is 18.3 Å². The number of likely N-dealkylation sites (tertiary alicyclic amines) is 1. The molecule has 4 rings (SSSR count). The highest BCUT2D eigenvalue weighted by molar-refractivity contribution is 5.67. The van der Waals surface area contributed by atoms with E-state index in [9.17, 15) is 9.90 Å². The van der Waals surface area contributed by atoms with Crippen molar-refractivity contribution in [1.29, 1.82) is 0 Å². The molecular weight excluding hydrogens is 338 g/mol. The van der Waals surface area contributed by atoms with E-state index in [2.05, 4.69) is 25.5 Å². The highest BCUT2D eigenvalue weighted by Gasteiger charge is 2.56. The molecule has 0 aromatic carbocycles. The van der Waals surface area contributed by atoms with Gasteiger partial charge in [-0.1, -0.05) is 0 Å². The van der Waals surface area contributed by atoms with Crippen LogP contribution < -0.4 is 10.2 Å². The summed E-state index contributed by atoms with van der Waals surface area (Å²) in [5, 5.41) is 19.4. The van der Waals surface area contributed by atoms with Gasteiger partial charge < -0.3 is 25.0 Å². The minimum Gasteiger partial charge on any atom is -0.465 e. The lowest BCUT2D eigenvalue weighted by molar-refractivity contribution is -0.00567. The Balaban J connectivity index is 1.60. The fourth-order valence-electron chi connectivity index (χ4n) is 3.87. The molecule has 2 aliphatic heterocycles. The second-order valence-electron chi connectivity index (χ2n) is 6.67. The maximum absolute atomic E-state index is 11.5. The number of amides is 1. The molecule has 2 aromatic rings. The summed E-state index contributed by atoms with van der Waals surface area (Å²) in [6.45, 7) is 3.45. The van der Waals surface area contributed by atoms with Crippen molar-refractivity contribution >= 4 is 23.7 Å². The molecule has 10 heteroatoms. The van der Waals surface area contributed by atoms with E-state index >= 15 is 0 Å². The van der Waals surface area contributed by atoms with Gasteiger partial charge in [-0.15, -0.1) is 0 Å². The third-order valence-electron chi connectivity index (χ3n) is 5.15. The zero-order valence-corrected chi connectivity index (χ0v) is 14.6. The maximum atomic E-state index is 11.5. The number of H-pyrrole nitrogens is 1. The van der Waals surface area contributed by atoms with Gasteiger partial charge in [-0.05, 0) is 13.3 Å². The van der Waals surface area contributed by atoms with Gasteiger partial charge in [-0.2, -0.15) is 10.1 Å². The molecule has 0 spiro atoms. The molecule has 2 atom stereocenters. The van der Waals surface area contributed by atoms with Gasteiger partial charge in [0.1, 0.15) is 11.4 Å². The van der Waals surface area contributed by atoms with Crippen molar-refractivity contribution in [1.82, 2.24) is 25.1 Å². The van der Waals surface area contributed by atoms with Crippen molar-refractivity contribution in [2.24, 2.45) is 0 Å². The molecule has 0 aliphatic carbocycles. The summed E-state index contributed by atoms with van der Waals surface area (Å²) < 4.78 is 5.77. The van der Waals surface area contributed by atoms with E-state index < -0.39 is 11.7 Å². The van der Waals surface area contributed by atoms with Crippen LogP contribution in [0.4, 0.5) is 22.4 Å². The summed E-state index contributed by atoms with van der Waals surface area (Å²) in [5.74, 6) is 1.86. The maximum Gasteiger partial charge on any atom is 0.407 e. The van der Waals surface area contributed by atoms with Crippen LogP contribution in [0.3, 0.4) is 0 Å². The number of aromatic nitrogens is 4. The van der Waals surface area contributed by atoms with Gasteiger partial charge >= 0.3 is 6.09 Å². The summed E-state index contributed by atoms with van der Waals surface area (Å²) in [5.41, 5.74) is 0.299. The number of rotatable bonds is 4. The third-order valence-corrected chi connectivity index (χ3v) is 5.15. The van der Waals surface area contributed by atoms with E-state index in [1.54, 1.807) is 13.3 Å². The summed E-state index contributed by atoms with van der Waals surface area (Å²) in [7, 11) is 1.64. The Labute approximate surface area is 150 Å². The lowest BCUT2D eigenvalue weighted by Crippen LogP contribution is -2.46. The smallest absolute Gasteiger partial charge is 0.407 e. The number of nitrogens with one attached hydrogen (secondary N) is 2. The minimum atomic E-state index is -0.915. The van der Waals surface area contributed by atoms with Gasteiger partial charge in [0.05, 0.1) is 12.6 Å². The van der Waals surface area contributed by atoms with Gasteiger partial charge in [-0.3, -0.25) is 5.10 Å². The molecule has 2 aromatic heterocycles. The Hall–Kier alpha value is -2.88. The number of anilines is 3. The highest BCUT2D eigenvalue weighted by Crippen LogP contribution is 2.39. The van der Waals surface area contributed by atoms with Gasteiger partial charge in [-0.25, -0.2) is 9.78 Å². The molecule has 4 heterocycles. The van der Waals surface area contributed by atoms with Crippen molar-refractivity contribution in [3.63, 3.8) is 0 Å². The molecule has 0 radical (unpaired) electrons. The van der Waals surface area contributed by atoms with Crippen molar-refractivity contribution in [3.05, 3.63) is 24.0 Å². The van der Waals surface area contributed by atoms with E-state index in [1.165, 1.54) is 4.90 Å². The number of hydrogen-bond donors (Lipinski definition) is 3. The summed E-state index contributed by atoms with van der Waals surface area (Å²) >= 11 is 0. The average Bonchev–Trinajstić information content (AvgIpc) is 3.28. The van der Waals surface area contributed by atoms with Gasteiger partial charge in [0, 0.05) is 44.2 Å². The van der Waals surface area contributed by atoms with Crippen LogP contribution in [0.25, 0.3) is 0 Å². The predicted octanol–water partition coefficient (Wildman–Crippen LogP) is 1.21. The molecule has 3 N–H and O–H groups in total. The van der Waals surface area contributed by atoms with Crippen molar-refractivity contribution in [3.8, 4) is 0 Å². The Morgan fingerprint density at radius 1 is 1.46 bits per heavy atom. The number of ether oxygens (including phenoxy) is 1. The SMILES string of the molecule is CO[C@@]12CCN(C(=O)O)[C@@H]1CN(c1nc(C)cc(Nc3cc[nH]n3)n1)C2. The van der Waals surface area contributed by atoms with E-state index in [-0.39, 0.29) is 6.04 Å². The van der Waals surface area contributed by atoms with Crippen LogP contribution in [0.2, 0.25) is 0 Å². The molecule has 2 fully saturated rings. The largest absolute Gasteiger partial charge is 0.465 e. The van der Waals surface area contributed by atoms with E-state index in [0.29, 0.717) is 43.6 Å². The molecule has 138 valence electrons. The quantitative estimate of drug-likeness (QED) is 0.745. The van der Waals surface area contributed by atoms with Crippen LogP contribution in [0.1, 0.15) is 12.1 Å². The number of aryl methyl sites for hydroxylation is 1.